The highest BCUT2D eigenvalue weighted by Gasteiger charge is 2.27. The van der Waals surface area contributed by atoms with Crippen LogP contribution < -0.4 is 4.72 Å². The Morgan fingerprint density at radius 3 is 2.52 bits per heavy atom. The Hall–Kier alpha value is -1.77. The lowest BCUT2D eigenvalue weighted by Crippen LogP contribution is -2.36. The third-order valence-corrected chi connectivity index (χ3v) is 3.62. The van der Waals surface area contributed by atoms with Gasteiger partial charge in [-0.3, -0.25) is 0 Å². The second-order valence-corrected chi connectivity index (χ2v) is 7.23. The predicted molar refractivity (Wildman–Crippen MR) is 75.2 cm³/mol. The van der Waals surface area contributed by atoms with Crippen molar-refractivity contribution in [1.82, 2.24) is 9.62 Å². The fourth-order valence-electron chi connectivity index (χ4n) is 1.87. The third kappa shape index (κ3) is 6.03. The molecule has 1 aliphatic heterocycles. The van der Waals surface area contributed by atoms with Crippen LogP contribution >= 0.6 is 0 Å². The van der Waals surface area contributed by atoms with Gasteiger partial charge in [-0.15, -0.1) is 0 Å². The van der Waals surface area contributed by atoms with Crippen molar-refractivity contribution in [2.45, 2.75) is 45.3 Å². The Morgan fingerprint density at radius 2 is 2.00 bits per heavy atom. The summed E-state index contributed by atoms with van der Waals surface area (Å²) in [5, 5.41) is 9.73. The van der Waals surface area contributed by atoms with Crippen molar-refractivity contribution >= 4 is 22.2 Å². The number of hydrogen-bond donors (Lipinski definition) is 2. The predicted octanol–water partition coefficient (Wildman–Crippen LogP) is 1.50. The zero-order valence-corrected chi connectivity index (χ0v) is 13.0. The molecule has 1 fully saturated rings. The molecule has 1 unspecified atom stereocenters. The molecule has 1 atom stereocenters. The van der Waals surface area contributed by atoms with Crippen LogP contribution in [0.3, 0.4) is 0 Å². The van der Waals surface area contributed by atoms with Gasteiger partial charge in [0.1, 0.15) is 5.60 Å². The van der Waals surface area contributed by atoms with Gasteiger partial charge in [-0.1, -0.05) is 0 Å². The zero-order chi connectivity index (χ0) is 16.3. The largest absolute Gasteiger partial charge is 0.465 e. The van der Waals surface area contributed by atoms with Crippen LogP contribution in [0.1, 0.15) is 33.6 Å². The number of carboxylic acid groups (broad SMARTS) is 1. The summed E-state index contributed by atoms with van der Waals surface area (Å²) in [5.74, 6) is 0. The molecule has 0 spiro atoms. The fraction of sp³-hybridized carbons (Fsp3) is 0.667. The smallest absolute Gasteiger partial charge is 0.421 e. The highest BCUT2D eigenvalue weighted by Crippen LogP contribution is 2.18. The summed E-state index contributed by atoms with van der Waals surface area (Å²) in [7, 11) is -4.01. The topological polar surface area (TPSA) is 113 Å². The van der Waals surface area contributed by atoms with E-state index in [9.17, 15) is 18.0 Å². The summed E-state index contributed by atoms with van der Waals surface area (Å²) in [5.41, 5.74) is -0.811. The Labute approximate surface area is 123 Å². The molecular formula is C12H20N2O6S. The van der Waals surface area contributed by atoms with Crippen LogP contribution in [-0.4, -0.2) is 48.8 Å². The molecule has 0 aromatic heterocycles. The quantitative estimate of drug-likeness (QED) is 0.814. The van der Waals surface area contributed by atoms with Gasteiger partial charge in [0.25, 0.3) is 10.0 Å². The minimum absolute atomic E-state index is 0.365. The molecule has 0 bridgehead atoms. The van der Waals surface area contributed by atoms with Crippen molar-refractivity contribution in [3.8, 4) is 0 Å². The number of likely N-dealkylation sites (tertiary alicyclic amines) is 1. The lowest BCUT2D eigenvalue weighted by molar-refractivity contribution is 0.0570. The summed E-state index contributed by atoms with van der Waals surface area (Å²) < 4.78 is 30.0. The molecule has 2 N–H and O–H groups in total. The van der Waals surface area contributed by atoms with Gasteiger partial charge in [0.05, 0.1) is 6.04 Å². The molecule has 120 valence electrons. The van der Waals surface area contributed by atoms with Crippen molar-refractivity contribution < 1.29 is 27.9 Å². The highest BCUT2D eigenvalue weighted by atomic mass is 32.2. The summed E-state index contributed by atoms with van der Waals surface area (Å²) in [6.07, 6.45) is 0.299. The molecule has 1 rings (SSSR count). The lowest BCUT2D eigenvalue weighted by atomic mass is 10.2. The number of carbonyl (C=O) groups excluding carboxylic acids is 1. The summed E-state index contributed by atoms with van der Waals surface area (Å²) in [4.78, 5) is 23.5. The third-order valence-electron chi connectivity index (χ3n) is 2.65. The van der Waals surface area contributed by atoms with E-state index in [-0.39, 0.29) is 0 Å². The van der Waals surface area contributed by atoms with E-state index in [4.69, 9.17) is 9.84 Å². The molecule has 0 aromatic carbocycles. The first-order valence-corrected chi connectivity index (χ1v) is 7.98. The molecule has 8 nitrogen and oxygen atoms in total. The lowest BCUT2D eigenvalue weighted by Gasteiger charge is -2.19. The number of rotatable bonds is 3. The maximum absolute atomic E-state index is 11.7. The van der Waals surface area contributed by atoms with Crippen molar-refractivity contribution in [1.29, 1.82) is 0 Å². The summed E-state index contributed by atoms with van der Waals surface area (Å²) >= 11 is 0. The van der Waals surface area contributed by atoms with Gasteiger partial charge in [0.15, 0.2) is 0 Å². The normalized spacial score (nSPS) is 19.8. The van der Waals surface area contributed by atoms with Gasteiger partial charge in [0, 0.05) is 12.0 Å². The van der Waals surface area contributed by atoms with Crippen molar-refractivity contribution in [2.75, 3.05) is 6.54 Å². The van der Waals surface area contributed by atoms with Crippen LogP contribution in [0.15, 0.2) is 11.5 Å². The standard InChI is InChI=1S/C12H20N2O6S/c1-12(2,3)20-10(15)13-21(18,19)8-6-9-5-4-7-14(9)11(16)17/h6,8-9H,4-5,7H2,1-3H3,(H,13,15)(H,16,17). The minimum atomic E-state index is -4.01. The molecule has 0 aliphatic carbocycles. The Bertz CT molecular complexity index is 534. The first-order valence-electron chi connectivity index (χ1n) is 6.44. The van der Waals surface area contributed by atoms with E-state index >= 15 is 0 Å². The van der Waals surface area contributed by atoms with Gasteiger partial charge in [-0.25, -0.2) is 22.7 Å². The minimum Gasteiger partial charge on any atom is -0.465 e. The maximum atomic E-state index is 11.7. The van der Waals surface area contributed by atoms with E-state index in [0.717, 1.165) is 10.3 Å². The zero-order valence-electron chi connectivity index (χ0n) is 12.2. The molecule has 9 heteroatoms. The van der Waals surface area contributed by atoms with Gasteiger partial charge in [0.2, 0.25) is 0 Å². The number of ether oxygens (including phenoxy) is 1. The maximum Gasteiger partial charge on any atom is 0.421 e. The van der Waals surface area contributed by atoms with Crippen molar-refractivity contribution in [3.05, 3.63) is 11.5 Å². The molecule has 2 amide bonds. The molecule has 0 saturated carbocycles. The molecular weight excluding hydrogens is 300 g/mol. The average molecular weight is 320 g/mol. The van der Waals surface area contributed by atoms with Gasteiger partial charge in [-0.05, 0) is 39.7 Å². The first-order chi connectivity index (χ1) is 9.50. The summed E-state index contributed by atoms with van der Waals surface area (Å²) in [6, 6.07) is -0.502. The highest BCUT2D eigenvalue weighted by molar-refractivity contribution is 7.92. The number of nitrogens with one attached hydrogen (secondary N) is 1. The van der Waals surface area contributed by atoms with E-state index < -0.39 is 33.9 Å². The van der Waals surface area contributed by atoms with E-state index in [1.54, 1.807) is 25.5 Å². The van der Waals surface area contributed by atoms with E-state index in [1.807, 2.05) is 0 Å². The number of hydrogen-bond acceptors (Lipinski definition) is 5. The number of carbonyl (C=O) groups is 2. The van der Waals surface area contributed by atoms with Crippen LogP contribution in [0, 0.1) is 0 Å². The fourth-order valence-corrected chi connectivity index (χ4v) is 2.60. The first kappa shape index (κ1) is 17.3. The molecule has 1 saturated heterocycles. The molecule has 1 aliphatic rings. The number of nitrogens with zero attached hydrogens (tertiary/aromatic N) is 1. The molecule has 0 radical (unpaired) electrons. The SMILES string of the molecule is CC(C)(C)OC(=O)NS(=O)(=O)C=CC1CCCN1C(=O)O. The Balaban J connectivity index is 2.66. The molecule has 21 heavy (non-hydrogen) atoms. The van der Waals surface area contributed by atoms with Crippen molar-refractivity contribution in [2.24, 2.45) is 0 Å². The van der Waals surface area contributed by atoms with E-state index in [2.05, 4.69) is 0 Å². The second kappa shape index (κ2) is 6.33. The second-order valence-electron chi connectivity index (χ2n) is 5.66. The number of sulfonamides is 1. The van der Waals surface area contributed by atoms with E-state index in [1.165, 1.54) is 6.08 Å². The summed E-state index contributed by atoms with van der Waals surface area (Å²) in [6.45, 7) is 5.19. The van der Waals surface area contributed by atoms with Crippen molar-refractivity contribution in [3.63, 3.8) is 0 Å². The number of amides is 2. The monoisotopic (exact) mass is 320 g/mol. The van der Waals surface area contributed by atoms with Gasteiger partial charge in [-0.2, -0.15) is 0 Å². The van der Waals surface area contributed by atoms with Gasteiger partial charge >= 0.3 is 12.2 Å². The van der Waals surface area contributed by atoms with Gasteiger partial charge < -0.3 is 14.7 Å². The Morgan fingerprint density at radius 1 is 1.38 bits per heavy atom. The average Bonchev–Trinajstić information content (AvgIpc) is 2.70. The van der Waals surface area contributed by atoms with Crippen LogP contribution in [0.25, 0.3) is 0 Å². The Kier molecular flexibility index (Phi) is 5.21. The molecule has 0 aromatic rings. The van der Waals surface area contributed by atoms with Crippen LogP contribution in [-0.2, 0) is 14.8 Å². The van der Waals surface area contributed by atoms with E-state index in [0.29, 0.717) is 19.4 Å². The van der Waals surface area contributed by atoms with Crippen LogP contribution in [0.5, 0.6) is 0 Å². The molecule has 1 heterocycles. The van der Waals surface area contributed by atoms with Crippen LogP contribution in [0.4, 0.5) is 9.59 Å². The van der Waals surface area contributed by atoms with Crippen LogP contribution in [0.2, 0.25) is 0 Å².